The molecule has 0 rings (SSSR count). The Morgan fingerprint density at radius 2 is 1.50 bits per heavy atom. The van der Waals surface area contributed by atoms with Gasteiger partial charge in [0.05, 0.1) is 17.8 Å². The smallest absolute Gasteiger partial charge is 0.356 e. The Bertz CT molecular complexity index is 306. The molecule has 1 atom stereocenters. The van der Waals surface area contributed by atoms with Crippen LogP contribution in [-0.4, -0.2) is 32.9 Å². The van der Waals surface area contributed by atoms with Gasteiger partial charge in [-0.15, -0.1) is 0 Å². The molecule has 110 valence electrons. The van der Waals surface area contributed by atoms with Crippen LogP contribution in [0.1, 0.15) is 54.9 Å². The Balaban J connectivity index is 4.53. The highest BCUT2D eigenvalue weighted by Crippen LogP contribution is 2.51. The van der Waals surface area contributed by atoms with Gasteiger partial charge in [0.2, 0.25) is 0 Å². The van der Waals surface area contributed by atoms with Crippen molar-refractivity contribution < 1.29 is 23.8 Å². The fourth-order valence-electron chi connectivity index (χ4n) is 1.98. The van der Waals surface area contributed by atoms with Gasteiger partial charge >= 0.3 is 7.60 Å². The van der Waals surface area contributed by atoms with E-state index in [1.807, 2.05) is 27.7 Å². The Morgan fingerprint density at radius 3 is 1.83 bits per heavy atom. The molecule has 0 saturated heterocycles. The summed E-state index contributed by atoms with van der Waals surface area (Å²) in [4.78, 5) is 18.4. The van der Waals surface area contributed by atoms with Crippen LogP contribution in [0.15, 0.2) is 0 Å². The van der Waals surface area contributed by atoms with Crippen LogP contribution < -0.4 is 0 Å². The van der Waals surface area contributed by atoms with Crippen LogP contribution in [0, 0.1) is 0 Å². The summed E-state index contributed by atoms with van der Waals surface area (Å²) in [6.45, 7) is 12.4. The fourth-order valence-corrected chi connectivity index (χ4v) is 2.30. The van der Waals surface area contributed by atoms with Gasteiger partial charge in [-0.05, 0) is 48.5 Å². The van der Waals surface area contributed by atoms with Crippen LogP contribution in [0.3, 0.4) is 0 Å². The van der Waals surface area contributed by atoms with Crippen molar-refractivity contribution >= 4 is 7.60 Å². The average molecular weight is 282 g/mol. The second-order valence-electron chi connectivity index (χ2n) is 6.05. The van der Waals surface area contributed by atoms with E-state index < -0.39 is 18.5 Å². The normalized spacial score (nSPS) is 16.1. The molecule has 0 radical (unpaired) electrons. The van der Waals surface area contributed by atoms with E-state index in [-0.39, 0.29) is 12.2 Å². The van der Waals surface area contributed by atoms with Gasteiger partial charge in [0.25, 0.3) is 0 Å². The van der Waals surface area contributed by atoms with E-state index in [0.717, 1.165) is 0 Å². The van der Waals surface area contributed by atoms with E-state index in [1.165, 1.54) is 13.8 Å². The molecular weight excluding hydrogens is 255 g/mol. The lowest BCUT2D eigenvalue weighted by atomic mass is 10.0. The van der Waals surface area contributed by atoms with Gasteiger partial charge in [0.15, 0.2) is 5.34 Å². The molecule has 0 aliphatic rings. The summed E-state index contributed by atoms with van der Waals surface area (Å²) in [5.41, 5.74) is -0.390. The summed E-state index contributed by atoms with van der Waals surface area (Å²) >= 11 is 0. The highest BCUT2D eigenvalue weighted by molar-refractivity contribution is 7.53. The molecule has 0 fully saturated rings. The van der Waals surface area contributed by atoms with Crippen molar-refractivity contribution in [1.82, 2.24) is 0 Å². The van der Waals surface area contributed by atoms with Crippen molar-refractivity contribution in [2.24, 2.45) is 0 Å². The third-order valence-electron chi connectivity index (χ3n) is 2.52. The second kappa shape index (κ2) is 6.02. The molecule has 18 heavy (non-hydrogen) atoms. The van der Waals surface area contributed by atoms with E-state index in [2.05, 4.69) is 0 Å². The van der Waals surface area contributed by atoms with Gasteiger partial charge in [-0.25, -0.2) is 0 Å². The van der Waals surface area contributed by atoms with E-state index >= 15 is 0 Å². The maximum absolute atomic E-state index is 11.3. The minimum atomic E-state index is -4.28. The molecule has 0 saturated carbocycles. The lowest BCUT2D eigenvalue weighted by molar-refractivity contribution is -0.105. The van der Waals surface area contributed by atoms with E-state index in [0.29, 0.717) is 6.42 Å². The monoisotopic (exact) mass is 282 g/mol. The summed E-state index contributed by atoms with van der Waals surface area (Å²) in [6.07, 6.45) is 0.359. The van der Waals surface area contributed by atoms with Crippen LogP contribution in [0.2, 0.25) is 0 Å². The first kappa shape index (κ1) is 18.1. The first-order valence-electron chi connectivity index (χ1n) is 6.18. The summed E-state index contributed by atoms with van der Waals surface area (Å²) in [5.74, 6) is 0. The van der Waals surface area contributed by atoms with Crippen LogP contribution in [-0.2, 0) is 14.0 Å². The third-order valence-corrected chi connectivity index (χ3v) is 4.03. The second-order valence-corrected chi connectivity index (χ2v) is 8.21. The molecule has 0 heterocycles. The van der Waals surface area contributed by atoms with Gasteiger partial charge < -0.3 is 19.3 Å². The van der Waals surface area contributed by atoms with Gasteiger partial charge in [-0.3, -0.25) is 4.57 Å². The van der Waals surface area contributed by atoms with Crippen LogP contribution in [0.25, 0.3) is 0 Å². The standard InChI is InChI=1S/C12H27O5P/c1-9(2)16-11(4,5)8-10(3)17-12(6,7)18(13,14)15/h9-10H,8H2,1-7H3,(H2,13,14,15). The average Bonchev–Trinajstić information content (AvgIpc) is 1.94. The Hall–Kier alpha value is 0.0700. The van der Waals surface area contributed by atoms with Crippen molar-refractivity contribution in [2.45, 2.75) is 78.0 Å². The molecule has 2 N–H and O–H groups in total. The number of rotatable bonds is 7. The van der Waals surface area contributed by atoms with E-state index in [1.54, 1.807) is 6.92 Å². The van der Waals surface area contributed by atoms with Gasteiger partial charge in [-0.1, -0.05) is 0 Å². The first-order valence-corrected chi connectivity index (χ1v) is 7.79. The maximum atomic E-state index is 11.3. The molecule has 0 aliphatic carbocycles. The zero-order chi connectivity index (χ0) is 14.8. The van der Waals surface area contributed by atoms with Crippen LogP contribution in [0.5, 0.6) is 0 Å². The summed E-state index contributed by atoms with van der Waals surface area (Å²) < 4.78 is 22.5. The van der Waals surface area contributed by atoms with Gasteiger partial charge in [0.1, 0.15) is 0 Å². The largest absolute Gasteiger partial charge is 0.373 e. The summed E-state index contributed by atoms with van der Waals surface area (Å²) in [7, 11) is -4.28. The molecule has 0 aliphatic heterocycles. The van der Waals surface area contributed by atoms with E-state index in [9.17, 15) is 14.4 Å². The van der Waals surface area contributed by atoms with Crippen molar-refractivity contribution in [3.05, 3.63) is 0 Å². The number of hydrogen-bond donors (Lipinski definition) is 2. The molecule has 0 aromatic rings. The molecular formula is C12H27O5P. The Morgan fingerprint density at radius 1 is 1.06 bits per heavy atom. The maximum Gasteiger partial charge on any atom is 0.356 e. The molecule has 1 unspecified atom stereocenters. The van der Waals surface area contributed by atoms with Crippen molar-refractivity contribution in [1.29, 1.82) is 0 Å². The Kier molecular flexibility index (Phi) is 6.04. The molecule has 6 heteroatoms. The molecule has 0 spiro atoms. The highest BCUT2D eigenvalue weighted by Gasteiger charge is 2.41. The molecule has 0 aromatic carbocycles. The summed E-state index contributed by atoms with van der Waals surface area (Å²) in [6, 6.07) is 0. The molecule has 5 nitrogen and oxygen atoms in total. The van der Waals surface area contributed by atoms with Gasteiger partial charge in [0, 0.05) is 6.42 Å². The molecule has 0 amide bonds. The van der Waals surface area contributed by atoms with Crippen LogP contribution in [0.4, 0.5) is 0 Å². The molecule has 0 aromatic heterocycles. The fraction of sp³-hybridized carbons (Fsp3) is 1.00. The van der Waals surface area contributed by atoms with E-state index in [4.69, 9.17) is 9.47 Å². The Labute approximate surface area is 110 Å². The minimum Gasteiger partial charge on any atom is -0.373 e. The zero-order valence-corrected chi connectivity index (χ0v) is 13.3. The predicted octanol–water partition coefficient (Wildman–Crippen LogP) is 2.90. The zero-order valence-electron chi connectivity index (χ0n) is 12.4. The van der Waals surface area contributed by atoms with Crippen molar-refractivity contribution in [2.75, 3.05) is 0 Å². The number of hydrogen-bond acceptors (Lipinski definition) is 3. The third kappa shape index (κ3) is 6.30. The lowest BCUT2D eigenvalue weighted by Crippen LogP contribution is -2.36. The highest BCUT2D eigenvalue weighted by atomic mass is 31.2. The van der Waals surface area contributed by atoms with Gasteiger partial charge in [-0.2, -0.15) is 0 Å². The SMILES string of the molecule is CC(C)OC(C)(C)CC(C)OC(C)(C)P(=O)(O)O. The topological polar surface area (TPSA) is 76.0 Å². The first-order chi connectivity index (χ1) is 7.77. The van der Waals surface area contributed by atoms with Crippen LogP contribution >= 0.6 is 7.60 Å². The van der Waals surface area contributed by atoms with Crippen molar-refractivity contribution in [3.8, 4) is 0 Å². The lowest BCUT2D eigenvalue weighted by Gasteiger charge is -2.34. The number of ether oxygens (including phenoxy) is 2. The predicted molar refractivity (Wildman–Crippen MR) is 71.6 cm³/mol. The quantitative estimate of drug-likeness (QED) is 0.702. The minimum absolute atomic E-state index is 0.0991. The summed E-state index contributed by atoms with van der Waals surface area (Å²) in [5, 5.41) is -1.47. The molecule has 0 bridgehead atoms. The van der Waals surface area contributed by atoms with Crippen molar-refractivity contribution in [3.63, 3.8) is 0 Å².